The number of nitrogens with one attached hydrogen (secondary N) is 1. The Morgan fingerprint density at radius 2 is 2.12 bits per heavy atom. The van der Waals surface area contributed by atoms with Crippen molar-refractivity contribution in [2.75, 3.05) is 5.75 Å². The maximum atomic E-state index is 10.2. The number of rotatable bonds is 1. The highest BCUT2D eigenvalue weighted by Crippen LogP contribution is 1.71. The number of carbonyl (C=O) groups excluding carboxylic acids is 2. The molecule has 0 saturated heterocycles. The van der Waals surface area contributed by atoms with Gasteiger partial charge in [-0.2, -0.15) is 12.6 Å². The molecule has 46 valence electrons. The Balaban J connectivity index is 3.40. The average Bonchev–Trinajstić information content (AvgIpc) is 1.65. The SMILES string of the molecule is CC(=O)NC(=O)CS. The molecule has 0 aromatic heterocycles. The van der Waals surface area contributed by atoms with E-state index in [1.165, 1.54) is 6.92 Å². The van der Waals surface area contributed by atoms with Gasteiger partial charge in [-0.1, -0.05) is 0 Å². The van der Waals surface area contributed by atoms with Crippen LogP contribution in [-0.4, -0.2) is 17.6 Å². The molecule has 0 radical (unpaired) electrons. The van der Waals surface area contributed by atoms with Crippen LogP contribution < -0.4 is 5.32 Å². The molecule has 0 aliphatic rings. The van der Waals surface area contributed by atoms with Crippen molar-refractivity contribution in [2.24, 2.45) is 0 Å². The molecule has 0 aliphatic carbocycles. The van der Waals surface area contributed by atoms with Gasteiger partial charge >= 0.3 is 0 Å². The molecule has 8 heavy (non-hydrogen) atoms. The van der Waals surface area contributed by atoms with Crippen LogP contribution in [0.5, 0.6) is 0 Å². The van der Waals surface area contributed by atoms with Crippen molar-refractivity contribution in [1.82, 2.24) is 5.32 Å². The van der Waals surface area contributed by atoms with Gasteiger partial charge in [0.25, 0.3) is 0 Å². The van der Waals surface area contributed by atoms with Crippen LogP contribution in [0.1, 0.15) is 6.92 Å². The molecule has 3 nitrogen and oxygen atoms in total. The minimum atomic E-state index is -0.360. The van der Waals surface area contributed by atoms with Crippen LogP contribution in [0.3, 0.4) is 0 Å². The Bertz CT molecular complexity index is 113. The van der Waals surface area contributed by atoms with Gasteiger partial charge in [0.1, 0.15) is 0 Å². The second-order valence-corrected chi connectivity index (χ2v) is 1.58. The van der Waals surface area contributed by atoms with E-state index in [1.54, 1.807) is 0 Å². The monoisotopic (exact) mass is 133 g/mol. The van der Waals surface area contributed by atoms with Gasteiger partial charge in [0, 0.05) is 6.92 Å². The van der Waals surface area contributed by atoms with Gasteiger partial charge in [0.05, 0.1) is 5.75 Å². The van der Waals surface area contributed by atoms with E-state index in [9.17, 15) is 9.59 Å². The van der Waals surface area contributed by atoms with E-state index in [2.05, 4.69) is 12.6 Å². The first-order chi connectivity index (χ1) is 3.66. The fourth-order valence-corrected chi connectivity index (χ4v) is 0.315. The van der Waals surface area contributed by atoms with Crippen molar-refractivity contribution >= 4 is 24.4 Å². The zero-order valence-corrected chi connectivity index (χ0v) is 5.37. The smallest absolute Gasteiger partial charge is 0.236 e. The molecule has 4 heteroatoms. The van der Waals surface area contributed by atoms with Gasteiger partial charge in [0.15, 0.2) is 0 Å². The summed E-state index contributed by atoms with van der Waals surface area (Å²) in [4.78, 5) is 20.3. The molecule has 0 rings (SSSR count). The standard InChI is InChI=1S/C4H7NO2S/c1-3(6)5-4(7)2-8/h8H,2H2,1H3,(H,5,6,7). The predicted molar refractivity (Wildman–Crippen MR) is 32.7 cm³/mol. The van der Waals surface area contributed by atoms with Crippen molar-refractivity contribution in [3.63, 3.8) is 0 Å². The molecule has 0 aromatic rings. The summed E-state index contributed by atoms with van der Waals surface area (Å²) in [6, 6.07) is 0. The second kappa shape index (κ2) is 3.49. The Morgan fingerprint density at radius 3 is 2.25 bits per heavy atom. The zero-order chi connectivity index (χ0) is 6.57. The van der Waals surface area contributed by atoms with E-state index in [-0.39, 0.29) is 17.6 Å². The zero-order valence-electron chi connectivity index (χ0n) is 4.47. The van der Waals surface area contributed by atoms with E-state index in [0.29, 0.717) is 0 Å². The Labute approximate surface area is 52.9 Å². The van der Waals surface area contributed by atoms with Crippen molar-refractivity contribution in [2.45, 2.75) is 6.92 Å². The van der Waals surface area contributed by atoms with E-state index >= 15 is 0 Å². The lowest BCUT2D eigenvalue weighted by Crippen LogP contribution is -2.28. The highest BCUT2D eigenvalue weighted by atomic mass is 32.1. The summed E-state index contributed by atoms with van der Waals surface area (Å²) in [6.45, 7) is 1.28. The van der Waals surface area contributed by atoms with Crippen LogP contribution in [0.4, 0.5) is 0 Å². The largest absolute Gasteiger partial charge is 0.296 e. The normalized spacial score (nSPS) is 8.25. The van der Waals surface area contributed by atoms with Gasteiger partial charge < -0.3 is 0 Å². The van der Waals surface area contributed by atoms with Gasteiger partial charge in [-0.25, -0.2) is 0 Å². The Kier molecular flexibility index (Phi) is 3.26. The highest BCUT2D eigenvalue weighted by molar-refractivity contribution is 7.81. The Hall–Kier alpha value is -0.510. The molecule has 0 aliphatic heterocycles. The lowest BCUT2D eigenvalue weighted by atomic mass is 10.6. The number of amides is 2. The summed E-state index contributed by atoms with van der Waals surface area (Å²) in [5, 5.41) is 2.04. The van der Waals surface area contributed by atoms with Crippen LogP contribution in [0, 0.1) is 0 Å². The molecule has 1 N–H and O–H groups in total. The fourth-order valence-electron chi connectivity index (χ4n) is 0.236. The maximum Gasteiger partial charge on any atom is 0.236 e. The number of carbonyl (C=O) groups is 2. The second-order valence-electron chi connectivity index (χ2n) is 1.26. The Morgan fingerprint density at radius 1 is 1.62 bits per heavy atom. The van der Waals surface area contributed by atoms with E-state index in [0.717, 1.165) is 0 Å². The summed E-state index contributed by atoms with van der Waals surface area (Å²) >= 11 is 3.63. The van der Waals surface area contributed by atoms with E-state index in [4.69, 9.17) is 0 Å². The molecular formula is C4H7NO2S. The minimum Gasteiger partial charge on any atom is -0.296 e. The summed E-state index contributed by atoms with van der Waals surface area (Å²) in [5.74, 6) is -0.649. The number of imide groups is 1. The summed E-state index contributed by atoms with van der Waals surface area (Å²) in [7, 11) is 0. The number of hydrogen-bond acceptors (Lipinski definition) is 3. The molecule has 2 amide bonds. The minimum absolute atomic E-state index is 0.0551. The lowest BCUT2D eigenvalue weighted by molar-refractivity contribution is -0.127. The molecule has 0 aromatic carbocycles. The van der Waals surface area contributed by atoms with Crippen LogP contribution in [-0.2, 0) is 9.59 Å². The molecule has 0 saturated carbocycles. The van der Waals surface area contributed by atoms with Crippen molar-refractivity contribution in [1.29, 1.82) is 0 Å². The summed E-state index contributed by atoms with van der Waals surface area (Å²) in [6.07, 6.45) is 0. The maximum absolute atomic E-state index is 10.2. The third kappa shape index (κ3) is 3.67. The number of hydrogen-bond donors (Lipinski definition) is 2. The topological polar surface area (TPSA) is 46.2 Å². The molecule has 0 unspecified atom stereocenters. The molecule has 0 heterocycles. The molecule has 0 spiro atoms. The quantitative estimate of drug-likeness (QED) is 0.477. The van der Waals surface area contributed by atoms with Crippen LogP contribution in [0.2, 0.25) is 0 Å². The molecule has 0 fully saturated rings. The van der Waals surface area contributed by atoms with Gasteiger partial charge in [0.2, 0.25) is 11.8 Å². The third-order valence-electron chi connectivity index (χ3n) is 0.459. The van der Waals surface area contributed by atoms with E-state index in [1.807, 2.05) is 5.32 Å². The first-order valence-corrected chi connectivity index (χ1v) is 2.71. The van der Waals surface area contributed by atoms with Gasteiger partial charge in [-0.05, 0) is 0 Å². The van der Waals surface area contributed by atoms with Gasteiger partial charge in [-0.3, -0.25) is 14.9 Å². The lowest BCUT2D eigenvalue weighted by Gasteiger charge is -1.92. The summed E-state index contributed by atoms with van der Waals surface area (Å²) in [5.41, 5.74) is 0. The third-order valence-corrected chi connectivity index (χ3v) is 0.746. The first-order valence-electron chi connectivity index (χ1n) is 2.08. The van der Waals surface area contributed by atoms with E-state index < -0.39 is 0 Å². The van der Waals surface area contributed by atoms with Crippen molar-refractivity contribution in [3.8, 4) is 0 Å². The molecular weight excluding hydrogens is 126 g/mol. The van der Waals surface area contributed by atoms with Crippen LogP contribution >= 0.6 is 12.6 Å². The highest BCUT2D eigenvalue weighted by Gasteiger charge is 1.96. The van der Waals surface area contributed by atoms with Gasteiger partial charge in [-0.15, -0.1) is 0 Å². The molecule has 0 atom stereocenters. The number of thiol groups is 1. The summed E-state index contributed by atoms with van der Waals surface area (Å²) < 4.78 is 0. The van der Waals surface area contributed by atoms with Crippen molar-refractivity contribution in [3.05, 3.63) is 0 Å². The molecule has 0 bridgehead atoms. The van der Waals surface area contributed by atoms with Crippen LogP contribution in [0.15, 0.2) is 0 Å². The predicted octanol–water partition coefficient (Wildman–Crippen LogP) is -0.421. The van der Waals surface area contributed by atoms with Crippen LogP contribution in [0.25, 0.3) is 0 Å². The first kappa shape index (κ1) is 7.49. The fraction of sp³-hybridized carbons (Fsp3) is 0.500. The van der Waals surface area contributed by atoms with Crippen molar-refractivity contribution < 1.29 is 9.59 Å². The average molecular weight is 133 g/mol.